The van der Waals surface area contributed by atoms with E-state index in [4.69, 9.17) is 11.6 Å². The van der Waals surface area contributed by atoms with Gasteiger partial charge in [0.1, 0.15) is 16.8 Å². The molecule has 0 spiro atoms. The van der Waals surface area contributed by atoms with E-state index in [0.29, 0.717) is 11.1 Å². The maximum absolute atomic E-state index is 6.10. The van der Waals surface area contributed by atoms with Crippen LogP contribution in [0.2, 0.25) is 5.15 Å². The third-order valence-corrected chi connectivity index (χ3v) is 3.94. The van der Waals surface area contributed by atoms with Crippen molar-refractivity contribution in [3.05, 3.63) is 47.3 Å². The molecule has 1 aliphatic carbocycles. The van der Waals surface area contributed by atoms with Crippen LogP contribution in [0.3, 0.4) is 0 Å². The van der Waals surface area contributed by atoms with Gasteiger partial charge < -0.3 is 5.32 Å². The van der Waals surface area contributed by atoms with Gasteiger partial charge in [-0.25, -0.2) is 9.97 Å². The summed E-state index contributed by atoms with van der Waals surface area (Å²) in [7, 11) is 0. The number of pyridine rings is 1. The maximum atomic E-state index is 6.10. The summed E-state index contributed by atoms with van der Waals surface area (Å²) < 4.78 is 1.96. The Morgan fingerprint density at radius 3 is 2.95 bits per heavy atom. The average Bonchev–Trinajstić information content (AvgIpc) is 3.26. The van der Waals surface area contributed by atoms with E-state index in [1.807, 2.05) is 35.7 Å². The number of nitrogens with one attached hydrogen (secondary N) is 1. The number of nitrogens with zero attached hydrogens (tertiary/aromatic N) is 5. The Hall–Kier alpha value is -2.21. The van der Waals surface area contributed by atoms with E-state index in [1.54, 1.807) is 6.07 Å². The highest BCUT2D eigenvalue weighted by Gasteiger charge is 2.27. The number of hydrogen-bond acceptors (Lipinski definition) is 5. The van der Waals surface area contributed by atoms with E-state index >= 15 is 0 Å². The van der Waals surface area contributed by atoms with Crippen molar-refractivity contribution >= 4 is 23.1 Å². The zero-order chi connectivity index (χ0) is 15.1. The molecule has 0 bridgehead atoms. The Labute approximate surface area is 132 Å². The zero-order valence-corrected chi connectivity index (χ0v) is 12.8. The molecule has 112 valence electrons. The highest BCUT2D eigenvalue weighted by Crippen LogP contribution is 2.39. The minimum Gasteiger partial charge on any atom is -0.360 e. The van der Waals surface area contributed by atoms with Crippen molar-refractivity contribution in [1.82, 2.24) is 24.6 Å². The van der Waals surface area contributed by atoms with Gasteiger partial charge in [-0.05, 0) is 31.9 Å². The second kappa shape index (κ2) is 5.21. The van der Waals surface area contributed by atoms with Gasteiger partial charge in [0.05, 0.1) is 6.04 Å². The molecular weight excluding hydrogens is 300 g/mol. The first-order chi connectivity index (χ1) is 10.7. The fraction of sp³-hybridized carbons (Fsp3) is 0.333. The van der Waals surface area contributed by atoms with Crippen LogP contribution < -0.4 is 5.32 Å². The van der Waals surface area contributed by atoms with E-state index in [-0.39, 0.29) is 6.04 Å². The van der Waals surface area contributed by atoms with Gasteiger partial charge in [-0.1, -0.05) is 17.7 Å². The lowest BCUT2D eigenvalue weighted by molar-refractivity contribution is 0.764. The lowest BCUT2D eigenvalue weighted by Gasteiger charge is -2.13. The molecule has 1 saturated carbocycles. The van der Waals surface area contributed by atoms with Crippen LogP contribution in [-0.2, 0) is 0 Å². The van der Waals surface area contributed by atoms with E-state index < -0.39 is 0 Å². The topological polar surface area (TPSA) is 68.0 Å². The minimum atomic E-state index is -0.0459. The van der Waals surface area contributed by atoms with Crippen molar-refractivity contribution in [3.63, 3.8) is 0 Å². The molecule has 22 heavy (non-hydrogen) atoms. The molecule has 1 aliphatic rings. The summed E-state index contributed by atoms with van der Waals surface area (Å²) in [6.07, 6.45) is 4.24. The zero-order valence-electron chi connectivity index (χ0n) is 12.1. The molecule has 1 N–H and O–H groups in total. The average molecular weight is 315 g/mol. The third-order valence-electron chi connectivity index (χ3n) is 3.75. The van der Waals surface area contributed by atoms with Crippen LogP contribution in [0.4, 0.5) is 5.82 Å². The Kier molecular flexibility index (Phi) is 3.18. The maximum Gasteiger partial charge on any atom is 0.160 e. The Morgan fingerprint density at radius 1 is 1.27 bits per heavy atom. The summed E-state index contributed by atoms with van der Waals surface area (Å²) in [5.41, 5.74) is 0.825. The lowest BCUT2D eigenvalue weighted by Crippen LogP contribution is -2.12. The van der Waals surface area contributed by atoms with Crippen LogP contribution in [0.25, 0.3) is 5.65 Å². The molecule has 0 radical (unpaired) electrons. The number of hydrogen-bond donors (Lipinski definition) is 1. The van der Waals surface area contributed by atoms with Crippen molar-refractivity contribution in [2.45, 2.75) is 31.7 Å². The molecule has 3 aromatic rings. The molecule has 1 atom stereocenters. The summed E-state index contributed by atoms with van der Waals surface area (Å²) >= 11 is 6.10. The van der Waals surface area contributed by atoms with Gasteiger partial charge in [0, 0.05) is 18.2 Å². The Balaban J connectivity index is 1.62. The van der Waals surface area contributed by atoms with E-state index in [1.165, 1.54) is 0 Å². The van der Waals surface area contributed by atoms with E-state index in [0.717, 1.165) is 36.0 Å². The first kappa shape index (κ1) is 13.5. The quantitative estimate of drug-likeness (QED) is 0.749. The molecule has 3 aromatic heterocycles. The van der Waals surface area contributed by atoms with Crippen molar-refractivity contribution in [3.8, 4) is 0 Å². The molecule has 3 heterocycles. The van der Waals surface area contributed by atoms with Gasteiger partial charge in [-0.2, -0.15) is 0 Å². The van der Waals surface area contributed by atoms with Gasteiger partial charge in [0.25, 0.3) is 0 Å². The molecule has 7 heteroatoms. The Morgan fingerprint density at radius 2 is 2.14 bits per heavy atom. The van der Waals surface area contributed by atoms with Crippen LogP contribution in [0, 0.1) is 0 Å². The van der Waals surface area contributed by atoms with E-state index in [2.05, 4.69) is 25.5 Å². The van der Waals surface area contributed by atoms with Gasteiger partial charge in [-0.15, -0.1) is 10.2 Å². The van der Waals surface area contributed by atoms with Crippen LogP contribution in [-0.4, -0.2) is 24.6 Å². The number of fused-ring (bicyclic) bond motifs is 1. The van der Waals surface area contributed by atoms with Crippen molar-refractivity contribution < 1.29 is 0 Å². The van der Waals surface area contributed by atoms with Crippen LogP contribution in [0.1, 0.15) is 43.4 Å². The third kappa shape index (κ3) is 2.50. The smallest absolute Gasteiger partial charge is 0.160 e. The molecule has 1 unspecified atom stereocenters. The van der Waals surface area contributed by atoms with Crippen LogP contribution in [0.5, 0.6) is 0 Å². The predicted octanol–water partition coefficient (Wildman–Crippen LogP) is 3.22. The SMILES string of the molecule is CC(Nc1cc(Cl)nc(C2CC2)n1)c1nnc2ccccn12. The first-order valence-corrected chi connectivity index (χ1v) is 7.69. The largest absolute Gasteiger partial charge is 0.360 e. The number of rotatable bonds is 4. The molecule has 6 nitrogen and oxygen atoms in total. The molecular formula is C15H15ClN6. The molecule has 0 aliphatic heterocycles. The molecule has 0 amide bonds. The van der Waals surface area contributed by atoms with Gasteiger partial charge in [-0.3, -0.25) is 4.40 Å². The predicted molar refractivity (Wildman–Crippen MR) is 84.0 cm³/mol. The summed E-state index contributed by atoms with van der Waals surface area (Å²) in [6, 6.07) is 7.52. The highest BCUT2D eigenvalue weighted by atomic mass is 35.5. The minimum absolute atomic E-state index is 0.0459. The van der Waals surface area contributed by atoms with Gasteiger partial charge in [0.2, 0.25) is 0 Å². The lowest BCUT2D eigenvalue weighted by atomic mass is 10.3. The number of aromatic nitrogens is 5. The van der Waals surface area contributed by atoms with Crippen LogP contribution >= 0.6 is 11.6 Å². The Bertz CT molecular complexity index is 826. The van der Waals surface area contributed by atoms with Crippen molar-refractivity contribution in [2.24, 2.45) is 0 Å². The fourth-order valence-electron chi connectivity index (χ4n) is 2.47. The fourth-order valence-corrected chi connectivity index (χ4v) is 2.66. The molecule has 0 saturated heterocycles. The molecule has 4 rings (SSSR count). The van der Waals surface area contributed by atoms with Gasteiger partial charge in [0.15, 0.2) is 11.5 Å². The molecule has 0 aromatic carbocycles. The highest BCUT2D eigenvalue weighted by molar-refractivity contribution is 6.29. The first-order valence-electron chi connectivity index (χ1n) is 7.31. The number of halogens is 1. The summed E-state index contributed by atoms with van der Waals surface area (Å²) in [5.74, 6) is 2.84. The van der Waals surface area contributed by atoms with E-state index in [9.17, 15) is 0 Å². The second-order valence-corrected chi connectivity index (χ2v) is 5.95. The van der Waals surface area contributed by atoms with Crippen molar-refractivity contribution in [2.75, 3.05) is 5.32 Å². The van der Waals surface area contributed by atoms with Gasteiger partial charge >= 0.3 is 0 Å². The normalized spacial score (nSPS) is 15.9. The summed E-state index contributed by atoms with van der Waals surface area (Å²) in [4.78, 5) is 8.86. The monoisotopic (exact) mass is 314 g/mol. The second-order valence-electron chi connectivity index (χ2n) is 5.56. The van der Waals surface area contributed by atoms with Crippen LogP contribution in [0.15, 0.2) is 30.5 Å². The van der Waals surface area contributed by atoms with Crippen molar-refractivity contribution in [1.29, 1.82) is 0 Å². The standard InChI is InChI=1S/C15H15ClN6/c1-9(15-21-20-13-4-2-3-7-22(13)15)17-12-8-11(16)18-14(19-12)10-5-6-10/h2-4,7-10H,5-6H2,1H3,(H,17,18,19). The molecule has 1 fully saturated rings. The number of anilines is 1. The summed E-state index contributed by atoms with van der Waals surface area (Å²) in [6.45, 7) is 2.02. The summed E-state index contributed by atoms with van der Waals surface area (Å²) in [5, 5.41) is 12.2.